The van der Waals surface area contributed by atoms with Crippen molar-refractivity contribution in [3.8, 4) is 0 Å². The lowest BCUT2D eigenvalue weighted by molar-refractivity contribution is -0.301. The number of esters is 1. The molecule has 0 amide bonds. The van der Waals surface area contributed by atoms with Gasteiger partial charge in [0.2, 0.25) is 0 Å². The summed E-state index contributed by atoms with van der Waals surface area (Å²) in [7, 11) is -5.05. The van der Waals surface area contributed by atoms with Gasteiger partial charge in [0.25, 0.3) is 0 Å². The Hall–Kier alpha value is -2.72. The standard InChI is InChI=1S/C42H68O12S/c1-3-5-7-8-9-10-11-12-13-14-15-16-17-18-19-20-21-22-23-24-25-26-27-28-29-30-32-50-34-36(52-38(44)31-6-4-2)35-51-42-40(46)41(54-55(47,48)49)39(45)37(33-43)53-42/h5,7,9-10,12-13,15-16,18-19,21-22,24-25,36-37,39-43,45-46H,3-4,6,8,11,14,17,20,23,26-35H2,1-2H3,(H,47,48,49)/b7-5-,10-9-,13-12-,16-15-,19-18-,22-21-,25-24-. The number of unbranched alkanes of at least 4 members (excludes halogenated alkanes) is 5. The van der Waals surface area contributed by atoms with Crippen LogP contribution in [0, 0.1) is 0 Å². The Morgan fingerprint density at radius 2 is 1.24 bits per heavy atom. The van der Waals surface area contributed by atoms with Gasteiger partial charge in [-0.15, -0.1) is 0 Å². The summed E-state index contributed by atoms with van der Waals surface area (Å²) in [6.45, 7) is 3.49. The minimum atomic E-state index is -5.05. The molecule has 1 saturated heterocycles. The summed E-state index contributed by atoms with van der Waals surface area (Å²) in [5.41, 5.74) is 0. The molecule has 0 aromatic carbocycles. The molecule has 4 N–H and O–H groups in total. The van der Waals surface area contributed by atoms with E-state index < -0.39 is 59.8 Å². The Balaban J connectivity index is 2.25. The Labute approximate surface area is 330 Å². The van der Waals surface area contributed by atoms with E-state index in [4.69, 9.17) is 23.5 Å². The van der Waals surface area contributed by atoms with Crippen molar-refractivity contribution in [3.05, 3.63) is 85.1 Å². The third-order valence-corrected chi connectivity index (χ3v) is 8.75. The van der Waals surface area contributed by atoms with Crippen LogP contribution in [0.5, 0.6) is 0 Å². The third-order valence-electron chi connectivity index (χ3n) is 8.28. The highest BCUT2D eigenvalue weighted by Crippen LogP contribution is 2.26. The summed E-state index contributed by atoms with van der Waals surface area (Å²) in [5, 5.41) is 30.3. The maximum atomic E-state index is 12.3. The zero-order valence-corrected chi connectivity index (χ0v) is 33.8. The Morgan fingerprint density at radius 3 is 1.75 bits per heavy atom. The molecule has 13 heteroatoms. The van der Waals surface area contributed by atoms with Gasteiger partial charge in [-0.25, -0.2) is 4.18 Å². The fourth-order valence-electron chi connectivity index (χ4n) is 5.27. The number of rotatable bonds is 32. The summed E-state index contributed by atoms with van der Waals surface area (Å²) in [6, 6.07) is 0. The molecule has 1 rings (SSSR count). The topological polar surface area (TPSA) is 178 Å². The average Bonchev–Trinajstić information content (AvgIpc) is 3.15. The van der Waals surface area contributed by atoms with Crippen molar-refractivity contribution in [1.29, 1.82) is 0 Å². The van der Waals surface area contributed by atoms with Gasteiger partial charge in [-0.05, 0) is 70.6 Å². The van der Waals surface area contributed by atoms with E-state index in [0.717, 1.165) is 83.5 Å². The normalized spacial score (nSPS) is 21.9. The minimum Gasteiger partial charge on any atom is -0.457 e. The number of hydrogen-bond donors (Lipinski definition) is 4. The molecule has 0 aliphatic carbocycles. The second kappa shape index (κ2) is 33.4. The Kier molecular flexibility index (Phi) is 30.6. The van der Waals surface area contributed by atoms with Crippen LogP contribution in [0.15, 0.2) is 85.1 Å². The molecule has 55 heavy (non-hydrogen) atoms. The lowest BCUT2D eigenvalue weighted by atomic mass is 9.99. The lowest BCUT2D eigenvalue weighted by Crippen LogP contribution is -2.60. The molecule has 1 fully saturated rings. The number of carbonyl (C=O) groups excluding carboxylic acids is 1. The maximum Gasteiger partial charge on any atom is 0.397 e. The summed E-state index contributed by atoms with van der Waals surface area (Å²) in [6.07, 6.45) is 34.9. The van der Waals surface area contributed by atoms with E-state index in [1.54, 1.807) is 0 Å². The van der Waals surface area contributed by atoms with Gasteiger partial charge in [0.1, 0.15) is 30.5 Å². The second-order valence-electron chi connectivity index (χ2n) is 13.1. The molecule has 1 aliphatic rings. The molecular formula is C42H68O12S. The number of carbonyl (C=O) groups is 1. The van der Waals surface area contributed by atoms with Crippen LogP contribution in [0.3, 0.4) is 0 Å². The van der Waals surface area contributed by atoms with Crippen molar-refractivity contribution in [2.24, 2.45) is 0 Å². The average molecular weight is 797 g/mol. The number of allylic oxidation sites excluding steroid dienone is 14. The molecular weight excluding hydrogens is 729 g/mol. The molecule has 6 unspecified atom stereocenters. The monoisotopic (exact) mass is 796 g/mol. The Bertz CT molecular complexity index is 1290. The predicted molar refractivity (Wildman–Crippen MR) is 215 cm³/mol. The quantitative estimate of drug-likeness (QED) is 0.0231. The van der Waals surface area contributed by atoms with Crippen LogP contribution < -0.4 is 0 Å². The molecule has 0 aromatic heterocycles. The van der Waals surface area contributed by atoms with Crippen LogP contribution in [0.1, 0.15) is 110 Å². The van der Waals surface area contributed by atoms with E-state index in [-0.39, 0.29) is 19.6 Å². The first kappa shape index (κ1) is 50.3. The van der Waals surface area contributed by atoms with Gasteiger partial charge in [0.05, 0.1) is 19.8 Å². The van der Waals surface area contributed by atoms with Gasteiger partial charge in [-0.3, -0.25) is 9.35 Å². The van der Waals surface area contributed by atoms with E-state index in [1.807, 2.05) is 6.92 Å². The number of aliphatic hydroxyl groups is 3. The van der Waals surface area contributed by atoms with E-state index in [2.05, 4.69) is 96.2 Å². The van der Waals surface area contributed by atoms with Crippen molar-refractivity contribution >= 4 is 16.4 Å². The summed E-state index contributed by atoms with van der Waals surface area (Å²) < 4.78 is 58.1. The second-order valence-corrected chi connectivity index (χ2v) is 14.2. The first-order valence-electron chi connectivity index (χ1n) is 19.8. The van der Waals surface area contributed by atoms with E-state index in [9.17, 15) is 28.5 Å². The van der Waals surface area contributed by atoms with Crippen LogP contribution >= 0.6 is 0 Å². The highest BCUT2D eigenvalue weighted by atomic mass is 32.3. The molecule has 1 heterocycles. The summed E-state index contributed by atoms with van der Waals surface area (Å²) in [4.78, 5) is 12.3. The zero-order valence-electron chi connectivity index (χ0n) is 32.9. The maximum absolute atomic E-state index is 12.3. The van der Waals surface area contributed by atoms with Gasteiger partial charge in [0, 0.05) is 13.0 Å². The molecule has 0 bridgehead atoms. The predicted octanol–water partition coefficient (Wildman–Crippen LogP) is 7.34. The van der Waals surface area contributed by atoms with E-state index in [0.29, 0.717) is 13.0 Å². The van der Waals surface area contributed by atoms with Gasteiger partial charge >= 0.3 is 16.4 Å². The first-order chi connectivity index (χ1) is 26.6. The summed E-state index contributed by atoms with van der Waals surface area (Å²) in [5.74, 6) is -0.450. The van der Waals surface area contributed by atoms with Crippen LogP contribution in [-0.2, 0) is 38.3 Å². The minimum absolute atomic E-state index is 0.00895. The van der Waals surface area contributed by atoms with Crippen molar-refractivity contribution in [1.82, 2.24) is 0 Å². The van der Waals surface area contributed by atoms with Crippen molar-refractivity contribution in [2.75, 3.05) is 26.4 Å². The van der Waals surface area contributed by atoms with E-state index in [1.165, 1.54) is 0 Å². The molecule has 0 saturated carbocycles. The van der Waals surface area contributed by atoms with Crippen molar-refractivity contribution in [2.45, 2.75) is 147 Å². The number of aliphatic hydroxyl groups excluding tert-OH is 3. The smallest absolute Gasteiger partial charge is 0.397 e. The van der Waals surface area contributed by atoms with Crippen LogP contribution in [0.4, 0.5) is 0 Å². The fraction of sp³-hybridized carbons (Fsp3) is 0.643. The van der Waals surface area contributed by atoms with E-state index >= 15 is 0 Å². The van der Waals surface area contributed by atoms with Crippen LogP contribution in [0.2, 0.25) is 0 Å². The fourth-order valence-corrected chi connectivity index (χ4v) is 5.78. The van der Waals surface area contributed by atoms with Crippen molar-refractivity contribution < 1.29 is 56.2 Å². The largest absolute Gasteiger partial charge is 0.457 e. The van der Waals surface area contributed by atoms with Crippen LogP contribution in [-0.4, -0.2) is 97.5 Å². The number of ether oxygens (including phenoxy) is 4. The highest BCUT2D eigenvalue weighted by Gasteiger charge is 2.48. The third kappa shape index (κ3) is 27.5. The molecule has 1 aliphatic heterocycles. The van der Waals surface area contributed by atoms with Gasteiger partial charge in [-0.1, -0.05) is 118 Å². The first-order valence-corrected chi connectivity index (χ1v) is 21.2. The van der Waals surface area contributed by atoms with Gasteiger partial charge in [-0.2, -0.15) is 8.42 Å². The zero-order chi connectivity index (χ0) is 40.4. The van der Waals surface area contributed by atoms with Crippen molar-refractivity contribution in [3.63, 3.8) is 0 Å². The lowest BCUT2D eigenvalue weighted by Gasteiger charge is -2.41. The molecule has 12 nitrogen and oxygen atoms in total. The molecule has 0 aromatic rings. The molecule has 314 valence electrons. The Morgan fingerprint density at radius 1 is 0.709 bits per heavy atom. The molecule has 0 radical (unpaired) electrons. The SMILES string of the molecule is CC/C=C\C/C=C\C/C=C\C/C=C\C/C=C\C/C=C\C/C=C\CCCCCCOCC(COC1OC(CO)C(O)C(OS(=O)(=O)O)C1O)OC(=O)CCCC. The molecule has 0 spiro atoms. The van der Waals surface area contributed by atoms with Crippen LogP contribution in [0.25, 0.3) is 0 Å². The van der Waals surface area contributed by atoms with Gasteiger partial charge in [0.15, 0.2) is 6.29 Å². The number of hydrogen-bond acceptors (Lipinski definition) is 11. The summed E-state index contributed by atoms with van der Waals surface area (Å²) >= 11 is 0. The highest BCUT2D eigenvalue weighted by molar-refractivity contribution is 7.80. The molecule has 6 atom stereocenters. The van der Waals surface area contributed by atoms with Gasteiger partial charge < -0.3 is 34.3 Å².